The minimum Gasteiger partial charge on any atom is -0.337 e. The molecule has 5 nitrogen and oxygen atoms in total. The Morgan fingerprint density at radius 3 is 2.44 bits per heavy atom. The predicted molar refractivity (Wildman–Crippen MR) is 126 cm³/mol. The van der Waals surface area contributed by atoms with Crippen LogP contribution in [-0.2, 0) is 34.3 Å². The fourth-order valence-electron chi connectivity index (χ4n) is 3.96. The Morgan fingerprint density at radius 1 is 1.00 bits per heavy atom. The minimum absolute atomic E-state index is 0.114. The van der Waals surface area contributed by atoms with Crippen molar-refractivity contribution in [1.29, 1.82) is 0 Å². The van der Waals surface area contributed by atoms with Crippen LogP contribution in [0.15, 0.2) is 77.7 Å². The molecule has 1 amide bonds. The average molecular weight is 469 g/mol. The highest BCUT2D eigenvalue weighted by atomic mass is 35.5. The maximum absolute atomic E-state index is 13.5. The molecular formula is C25H25ClN2O3S. The number of halogens is 1. The quantitative estimate of drug-likeness (QED) is 0.538. The summed E-state index contributed by atoms with van der Waals surface area (Å²) in [6.07, 6.45) is 0.768. The smallest absolute Gasteiger partial charge is 0.243 e. The van der Waals surface area contributed by atoms with Crippen molar-refractivity contribution in [3.63, 3.8) is 0 Å². The van der Waals surface area contributed by atoms with Gasteiger partial charge in [-0.25, -0.2) is 8.42 Å². The van der Waals surface area contributed by atoms with Crippen LogP contribution in [0.25, 0.3) is 0 Å². The summed E-state index contributed by atoms with van der Waals surface area (Å²) in [6, 6.07) is 21.7. The van der Waals surface area contributed by atoms with Crippen molar-refractivity contribution in [2.24, 2.45) is 0 Å². The molecule has 0 fully saturated rings. The van der Waals surface area contributed by atoms with E-state index in [0.717, 1.165) is 23.1 Å². The predicted octanol–water partition coefficient (Wildman–Crippen LogP) is 4.42. The Bertz CT molecular complexity index is 1230. The lowest BCUT2D eigenvalue weighted by Crippen LogP contribution is -2.44. The summed E-state index contributed by atoms with van der Waals surface area (Å²) in [6.45, 7) is 2.92. The molecular weight excluding hydrogens is 444 g/mol. The molecule has 4 rings (SSSR count). The molecule has 7 heteroatoms. The van der Waals surface area contributed by atoms with Crippen LogP contribution < -0.4 is 0 Å². The van der Waals surface area contributed by atoms with E-state index < -0.39 is 10.0 Å². The zero-order valence-corrected chi connectivity index (χ0v) is 19.4. The number of carbonyl (C=O) groups excluding carboxylic acids is 1. The first-order valence-corrected chi connectivity index (χ1v) is 12.3. The van der Waals surface area contributed by atoms with Gasteiger partial charge in [0.1, 0.15) is 0 Å². The standard InChI is InChI=1S/C25H25ClN2O3S/c1-19-5-4-6-20(15-19)16-28(32(30,31)24-11-9-23(26)10-12-24)18-25(29)27-14-13-21-7-2-3-8-22(21)17-27/h2-12,15H,13-14,16-18H2,1H3. The van der Waals surface area contributed by atoms with Crippen molar-refractivity contribution in [1.82, 2.24) is 9.21 Å². The fraction of sp³-hybridized carbons (Fsp3) is 0.240. The normalized spacial score (nSPS) is 13.8. The number of nitrogens with zero attached hydrogens (tertiary/aromatic N) is 2. The van der Waals surface area contributed by atoms with Crippen LogP contribution in [0, 0.1) is 6.92 Å². The highest BCUT2D eigenvalue weighted by Crippen LogP contribution is 2.23. The molecule has 32 heavy (non-hydrogen) atoms. The first-order valence-electron chi connectivity index (χ1n) is 10.5. The van der Waals surface area contributed by atoms with Crippen molar-refractivity contribution in [2.45, 2.75) is 31.3 Å². The number of rotatable bonds is 6. The first-order chi connectivity index (χ1) is 15.3. The molecule has 1 heterocycles. The van der Waals surface area contributed by atoms with Gasteiger partial charge in [0.05, 0.1) is 11.4 Å². The van der Waals surface area contributed by atoms with E-state index in [4.69, 9.17) is 11.6 Å². The third kappa shape index (κ3) is 5.04. The van der Waals surface area contributed by atoms with Gasteiger partial charge in [-0.05, 0) is 54.3 Å². The van der Waals surface area contributed by atoms with E-state index >= 15 is 0 Å². The molecule has 0 radical (unpaired) electrons. The third-order valence-corrected chi connectivity index (χ3v) is 7.75. The minimum atomic E-state index is -3.90. The van der Waals surface area contributed by atoms with Gasteiger partial charge in [-0.1, -0.05) is 65.7 Å². The summed E-state index contributed by atoms with van der Waals surface area (Å²) in [4.78, 5) is 15.1. The van der Waals surface area contributed by atoms with Crippen LogP contribution in [0.4, 0.5) is 0 Å². The van der Waals surface area contributed by atoms with Gasteiger partial charge in [-0.3, -0.25) is 4.79 Å². The zero-order chi connectivity index (χ0) is 22.7. The summed E-state index contributed by atoms with van der Waals surface area (Å²) in [7, 11) is -3.90. The molecule has 0 spiro atoms. The Labute approximate surface area is 194 Å². The molecule has 0 aromatic heterocycles. The van der Waals surface area contributed by atoms with Gasteiger partial charge in [-0.15, -0.1) is 0 Å². The van der Waals surface area contributed by atoms with E-state index in [9.17, 15) is 13.2 Å². The Kier molecular flexibility index (Phi) is 6.65. The van der Waals surface area contributed by atoms with Crippen molar-refractivity contribution in [3.05, 3.63) is 100 Å². The lowest BCUT2D eigenvalue weighted by atomic mass is 10.00. The maximum atomic E-state index is 13.5. The summed E-state index contributed by atoms with van der Waals surface area (Å²) in [5.74, 6) is -0.204. The highest BCUT2D eigenvalue weighted by Gasteiger charge is 2.30. The number of hydrogen-bond donors (Lipinski definition) is 0. The third-order valence-electron chi connectivity index (χ3n) is 5.69. The number of amides is 1. The number of sulfonamides is 1. The SMILES string of the molecule is Cc1cccc(CN(CC(=O)N2CCc3ccccc3C2)S(=O)(=O)c2ccc(Cl)cc2)c1. The molecule has 1 aliphatic heterocycles. The maximum Gasteiger partial charge on any atom is 0.243 e. The van der Waals surface area contributed by atoms with Gasteiger partial charge in [0.25, 0.3) is 0 Å². The number of aryl methyl sites for hydroxylation is 1. The van der Waals surface area contributed by atoms with Crippen LogP contribution in [0.1, 0.15) is 22.3 Å². The molecule has 3 aromatic carbocycles. The van der Waals surface area contributed by atoms with Crippen LogP contribution in [0.2, 0.25) is 5.02 Å². The monoisotopic (exact) mass is 468 g/mol. The number of carbonyl (C=O) groups is 1. The first kappa shape index (κ1) is 22.5. The molecule has 0 saturated heterocycles. The molecule has 166 valence electrons. The van der Waals surface area contributed by atoms with E-state index in [1.807, 2.05) is 49.4 Å². The molecule has 3 aromatic rings. The molecule has 0 N–H and O–H groups in total. The van der Waals surface area contributed by atoms with Crippen molar-refractivity contribution >= 4 is 27.5 Å². The molecule has 0 aliphatic carbocycles. The second-order valence-corrected chi connectivity index (χ2v) is 10.4. The molecule has 0 atom stereocenters. The highest BCUT2D eigenvalue weighted by molar-refractivity contribution is 7.89. The second-order valence-electron chi connectivity index (χ2n) is 8.05. The summed E-state index contributed by atoms with van der Waals surface area (Å²) >= 11 is 5.95. The largest absolute Gasteiger partial charge is 0.337 e. The topological polar surface area (TPSA) is 57.7 Å². The lowest BCUT2D eigenvalue weighted by molar-refractivity contribution is -0.132. The van der Waals surface area contributed by atoms with Crippen molar-refractivity contribution < 1.29 is 13.2 Å². The summed E-state index contributed by atoms with van der Waals surface area (Å²) in [5, 5.41) is 0.456. The van der Waals surface area contributed by atoms with Crippen LogP contribution >= 0.6 is 11.6 Å². The van der Waals surface area contributed by atoms with Gasteiger partial charge in [0, 0.05) is 24.7 Å². The van der Waals surface area contributed by atoms with Crippen LogP contribution in [0.5, 0.6) is 0 Å². The summed E-state index contributed by atoms with van der Waals surface area (Å²) in [5.41, 5.74) is 4.21. The van der Waals surface area contributed by atoms with Gasteiger partial charge in [-0.2, -0.15) is 4.31 Å². The van der Waals surface area contributed by atoms with E-state index in [-0.39, 0.29) is 23.9 Å². The zero-order valence-electron chi connectivity index (χ0n) is 17.9. The van der Waals surface area contributed by atoms with Gasteiger partial charge < -0.3 is 4.90 Å². The van der Waals surface area contributed by atoms with E-state index in [0.29, 0.717) is 18.1 Å². The van der Waals surface area contributed by atoms with Gasteiger partial charge in [0.2, 0.25) is 15.9 Å². The molecule has 1 aliphatic rings. The van der Waals surface area contributed by atoms with E-state index in [1.54, 1.807) is 17.0 Å². The van der Waals surface area contributed by atoms with Gasteiger partial charge >= 0.3 is 0 Å². The Morgan fingerprint density at radius 2 is 1.72 bits per heavy atom. The lowest BCUT2D eigenvalue weighted by Gasteiger charge is -2.31. The second kappa shape index (κ2) is 9.45. The number of benzene rings is 3. The average Bonchev–Trinajstić information content (AvgIpc) is 2.78. The molecule has 0 saturated carbocycles. The Balaban J connectivity index is 1.60. The van der Waals surface area contributed by atoms with E-state index in [2.05, 4.69) is 6.07 Å². The molecule has 0 bridgehead atoms. The number of fused-ring (bicyclic) bond motifs is 1. The van der Waals surface area contributed by atoms with Gasteiger partial charge in [0.15, 0.2) is 0 Å². The van der Waals surface area contributed by atoms with Crippen LogP contribution in [-0.4, -0.2) is 36.6 Å². The van der Waals surface area contributed by atoms with E-state index in [1.165, 1.54) is 22.0 Å². The van der Waals surface area contributed by atoms with Crippen molar-refractivity contribution in [3.8, 4) is 0 Å². The fourth-order valence-corrected chi connectivity index (χ4v) is 5.46. The summed E-state index contributed by atoms with van der Waals surface area (Å²) < 4.78 is 28.2. The number of hydrogen-bond acceptors (Lipinski definition) is 3. The van der Waals surface area contributed by atoms with Crippen molar-refractivity contribution in [2.75, 3.05) is 13.1 Å². The molecule has 0 unspecified atom stereocenters. The van der Waals surface area contributed by atoms with Crippen LogP contribution in [0.3, 0.4) is 0 Å². The Hall–Kier alpha value is -2.67.